The van der Waals surface area contributed by atoms with Gasteiger partial charge in [-0.05, 0) is 30.2 Å². The second-order valence-corrected chi connectivity index (χ2v) is 6.60. The second-order valence-electron chi connectivity index (χ2n) is 4.62. The van der Waals surface area contributed by atoms with Crippen molar-refractivity contribution >= 4 is 28.1 Å². The summed E-state index contributed by atoms with van der Waals surface area (Å²) in [7, 11) is -0.940. The number of nitrogen functional groups attached to an aromatic ring is 1. The van der Waals surface area contributed by atoms with Crippen LogP contribution in [0.4, 0.5) is 5.69 Å². The first-order chi connectivity index (χ1) is 10.2. The van der Waals surface area contributed by atoms with E-state index in [1.807, 2.05) is 42.5 Å². The highest BCUT2D eigenvalue weighted by Gasteiger charge is 2.06. The van der Waals surface area contributed by atoms with E-state index >= 15 is 0 Å². The van der Waals surface area contributed by atoms with E-state index in [0.29, 0.717) is 41.0 Å². The normalized spacial score (nSPS) is 12.0. The molecule has 1 unspecified atom stereocenters. The third-order valence-corrected chi connectivity index (χ3v) is 4.71. The molecule has 0 bridgehead atoms. The molecule has 2 aromatic rings. The van der Waals surface area contributed by atoms with Crippen LogP contribution in [0.25, 0.3) is 0 Å². The van der Waals surface area contributed by atoms with E-state index in [4.69, 9.17) is 22.1 Å². The molecule has 2 rings (SSSR count). The molecule has 5 heteroatoms. The Labute approximate surface area is 132 Å². The van der Waals surface area contributed by atoms with E-state index in [1.54, 1.807) is 6.07 Å². The van der Waals surface area contributed by atoms with Gasteiger partial charge in [-0.1, -0.05) is 41.9 Å². The maximum absolute atomic E-state index is 12.0. The average molecular weight is 324 g/mol. The molecule has 2 aromatic carbocycles. The Morgan fingerprint density at radius 2 is 1.81 bits per heavy atom. The molecule has 21 heavy (non-hydrogen) atoms. The summed E-state index contributed by atoms with van der Waals surface area (Å²) in [5, 5.41) is 0.666. The first-order valence-corrected chi connectivity index (χ1v) is 8.59. The van der Waals surface area contributed by atoms with Crippen LogP contribution >= 0.6 is 11.6 Å². The molecule has 3 nitrogen and oxygen atoms in total. The zero-order valence-electron chi connectivity index (χ0n) is 11.6. The van der Waals surface area contributed by atoms with Gasteiger partial charge in [0, 0.05) is 27.3 Å². The summed E-state index contributed by atoms with van der Waals surface area (Å²) in [6, 6.07) is 14.9. The van der Waals surface area contributed by atoms with Crippen molar-refractivity contribution in [3.63, 3.8) is 0 Å². The number of nitrogens with two attached hydrogens (primary N) is 1. The summed E-state index contributed by atoms with van der Waals surface area (Å²) in [6.07, 6.45) is 0.714. The van der Waals surface area contributed by atoms with Crippen molar-refractivity contribution in [3.05, 3.63) is 59.1 Å². The van der Waals surface area contributed by atoms with Gasteiger partial charge in [-0.3, -0.25) is 4.21 Å². The van der Waals surface area contributed by atoms with Crippen LogP contribution in [0.15, 0.2) is 48.5 Å². The van der Waals surface area contributed by atoms with E-state index in [2.05, 4.69) is 0 Å². The Kier molecular flexibility index (Phi) is 6.08. The molecule has 0 heterocycles. The topological polar surface area (TPSA) is 52.3 Å². The van der Waals surface area contributed by atoms with Crippen molar-refractivity contribution in [1.82, 2.24) is 0 Å². The van der Waals surface area contributed by atoms with Crippen molar-refractivity contribution in [3.8, 4) is 5.75 Å². The SMILES string of the molecule is Nc1ccccc1OCCCS(=O)Cc1ccccc1Cl. The minimum absolute atomic E-state index is 0.479. The lowest BCUT2D eigenvalue weighted by Gasteiger charge is -2.08. The summed E-state index contributed by atoms with van der Waals surface area (Å²) >= 11 is 6.05. The summed E-state index contributed by atoms with van der Waals surface area (Å²) in [5.74, 6) is 1.74. The fourth-order valence-electron chi connectivity index (χ4n) is 1.88. The van der Waals surface area contributed by atoms with Gasteiger partial charge in [-0.15, -0.1) is 0 Å². The molecule has 0 aliphatic rings. The fourth-order valence-corrected chi connectivity index (χ4v) is 3.34. The Morgan fingerprint density at radius 3 is 2.57 bits per heavy atom. The van der Waals surface area contributed by atoms with Crippen LogP contribution in [0.5, 0.6) is 5.75 Å². The van der Waals surface area contributed by atoms with Gasteiger partial charge in [0.1, 0.15) is 5.75 Å². The molecule has 0 saturated carbocycles. The van der Waals surface area contributed by atoms with Crippen LogP contribution in [0.2, 0.25) is 5.02 Å². The molecular formula is C16H18ClNO2S. The van der Waals surface area contributed by atoms with Gasteiger partial charge < -0.3 is 10.5 Å². The monoisotopic (exact) mass is 323 g/mol. The van der Waals surface area contributed by atoms with Gasteiger partial charge >= 0.3 is 0 Å². The van der Waals surface area contributed by atoms with Gasteiger partial charge in [0.15, 0.2) is 0 Å². The third-order valence-electron chi connectivity index (χ3n) is 2.97. The van der Waals surface area contributed by atoms with E-state index in [1.165, 1.54) is 0 Å². The molecule has 1 atom stereocenters. The lowest BCUT2D eigenvalue weighted by Crippen LogP contribution is -2.07. The van der Waals surface area contributed by atoms with Crippen molar-refractivity contribution in [1.29, 1.82) is 0 Å². The molecule has 0 amide bonds. The summed E-state index contributed by atoms with van der Waals surface area (Å²) < 4.78 is 17.6. The first kappa shape index (κ1) is 15.9. The van der Waals surface area contributed by atoms with Crippen LogP contribution in [0, 0.1) is 0 Å². The molecule has 0 saturated heterocycles. The molecule has 0 spiro atoms. The highest BCUT2D eigenvalue weighted by Crippen LogP contribution is 2.20. The molecule has 0 aliphatic carbocycles. The molecule has 112 valence electrons. The van der Waals surface area contributed by atoms with Crippen molar-refractivity contribution < 1.29 is 8.95 Å². The Balaban J connectivity index is 1.73. The Bertz CT molecular complexity index is 619. The van der Waals surface area contributed by atoms with Crippen LogP contribution in [-0.2, 0) is 16.6 Å². The summed E-state index contributed by atoms with van der Waals surface area (Å²) in [6.45, 7) is 0.502. The first-order valence-electron chi connectivity index (χ1n) is 6.72. The molecule has 2 N–H and O–H groups in total. The predicted octanol–water partition coefficient (Wildman–Crippen LogP) is 3.64. The third kappa shape index (κ3) is 5.06. The Morgan fingerprint density at radius 1 is 1.10 bits per heavy atom. The lowest BCUT2D eigenvalue weighted by atomic mass is 10.2. The van der Waals surface area contributed by atoms with Gasteiger partial charge in [-0.25, -0.2) is 0 Å². The average Bonchev–Trinajstić information content (AvgIpc) is 2.48. The van der Waals surface area contributed by atoms with E-state index in [9.17, 15) is 4.21 Å². The largest absolute Gasteiger partial charge is 0.491 e. The van der Waals surface area contributed by atoms with Gasteiger partial charge in [0.25, 0.3) is 0 Å². The Hall–Kier alpha value is -1.52. The minimum atomic E-state index is -0.940. The van der Waals surface area contributed by atoms with E-state index in [-0.39, 0.29) is 0 Å². The van der Waals surface area contributed by atoms with Crippen LogP contribution in [0.3, 0.4) is 0 Å². The van der Waals surface area contributed by atoms with Crippen LogP contribution in [0.1, 0.15) is 12.0 Å². The zero-order valence-corrected chi connectivity index (χ0v) is 13.2. The highest BCUT2D eigenvalue weighted by atomic mass is 35.5. The maximum atomic E-state index is 12.0. The quantitative estimate of drug-likeness (QED) is 0.625. The number of para-hydroxylation sites is 2. The molecular weight excluding hydrogens is 306 g/mol. The van der Waals surface area contributed by atoms with Crippen molar-refractivity contribution in [2.45, 2.75) is 12.2 Å². The standard InChI is InChI=1S/C16H18ClNO2S/c17-14-7-2-1-6-13(14)12-21(19)11-5-10-20-16-9-4-3-8-15(16)18/h1-4,6-9H,5,10-12,18H2. The fraction of sp³-hybridized carbons (Fsp3) is 0.250. The summed E-state index contributed by atoms with van der Waals surface area (Å²) in [5.41, 5.74) is 7.32. The van der Waals surface area contributed by atoms with E-state index < -0.39 is 10.8 Å². The van der Waals surface area contributed by atoms with Crippen molar-refractivity contribution in [2.75, 3.05) is 18.1 Å². The maximum Gasteiger partial charge on any atom is 0.142 e. The van der Waals surface area contributed by atoms with Crippen LogP contribution in [-0.4, -0.2) is 16.6 Å². The number of halogens is 1. The number of anilines is 1. The van der Waals surface area contributed by atoms with Gasteiger partial charge in [0.2, 0.25) is 0 Å². The second kappa shape index (κ2) is 8.05. The van der Waals surface area contributed by atoms with Crippen molar-refractivity contribution in [2.24, 2.45) is 0 Å². The lowest BCUT2D eigenvalue weighted by molar-refractivity contribution is 0.320. The minimum Gasteiger partial charge on any atom is -0.491 e. The number of hydrogen-bond acceptors (Lipinski definition) is 3. The molecule has 0 radical (unpaired) electrons. The summed E-state index contributed by atoms with van der Waals surface area (Å²) in [4.78, 5) is 0. The number of ether oxygens (including phenoxy) is 1. The zero-order chi connectivity index (χ0) is 15.1. The van der Waals surface area contributed by atoms with Gasteiger partial charge in [0.05, 0.1) is 12.3 Å². The number of benzene rings is 2. The van der Waals surface area contributed by atoms with Gasteiger partial charge in [-0.2, -0.15) is 0 Å². The predicted molar refractivity (Wildman–Crippen MR) is 89.1 cm³/mol. The smallest absolute Gasteiger partial charge is 0.142 e. The number of hydrogen-bond donors (Lipinski definition) is 1. The molecule has 0 aromatic heterocycles. The highest BCUT2D eigenvalue weighted by molar-refractivity contribution is 7.84. The molecule has 0 aliphatic heterocycles. The van der Waals surface area contributed by atoms with E-state index in [0.717, 1.165) is 5.56 Å². The van der Waals surface area contributed by atoms with Crippen LogP contribution < -0.4 is 10.5 Å². The number of rotatable bonds is 7. The molecule has 0 fully saturated rings.